The lowest BCUT2D eigenvalue weighted by atomic mass is 10.4. The number of benzene rings is 1. The SMILES string of the molecule is C=C/C=C(\C=C)N=N.c1ccccc1. The van der Waals surface area contributed by atoms with Gasteiger partial charge in [0.25, 0.3) is 0 Å². The van der Waals surface area contributed by atoms with E-state index in [1.165, 1.54) is 6.08 Å². The molecular weight excluding hydrogens is 172 g/mol. The van der Waals surface area contributed by atoms with Crippen LogP contribution in [0.4, 0.5) is 0 Å². The Bertz CT molecular complexity index is 263. The summed E-state index contributed by atoms with van der Waals surface area (Å²) in [5, 5.41) is 3.12. The lowest BCUT2D eigenvalue weighted by molar-refractivity contribution is 1.09. The molecule has 0 unspecified atom stereocenters. The second kappa shape index (κ2) is 9.13. The smallest absolute Gasteiger partial charge is 0.0843 e. The van der Waals surface area contributed by atoms with Crippen LogP contribution >= 0.6 is 0 Å². The number of allylic oxidation sites excluding steroid dienone is 3. The third-order valence-corrected chi connectivity index (χ3v) is 1.29. The second-order valence-electron chi connectivity index (χ2n) is 2.30. The van der Waals surface area contributed by atoms with Crippen LogP contribution in [0.5, 0.6) is 0 Å². The number of hydrogen-bond donors (Lipinski definition) is 1. The highest BCUT2D eigenvalue weighted by Crippen LogP contribution is 1.94. The Hall–Kier alpha value is -1.96. The maximum Gasteiger partial charge on any atom is 0.0843 e. The minimum absolute atomic E-state index is 0.528. The molecule has 0 atom stereocenters. The molecule has 0 amide bonds. The van der Waals surface area contributed by atoms with Crippen LogP contribution in [-0.2, 0) is 0 Å². The number of nitrogens with one attached hydrogen (secondary N) is 1. The van der Waals surface area contributed by atoms with Gasteiger partial charge in [-0.25, -0.2) is 5.53 Å². The molecular formula is C12H14N2. The molecule has 0 saturated carbocycles. The molecule has 0 saturated heterocycles. The van der Waals surface area contributed by atoms with E-state index in [0.29, 0.717) is 5.70 Å². The average Bonchev–Trinajstić information content (AvgIpc) is 2.29. The van der Waals surface area contributed by atoms with E-state index in [2.05, 4.69) is 18.3 Å². The topological polar surface area (TPSA) is 36.2 Å². The average molecular weight is 186 g/mol. The summed E-state index contributed by atoms with van der Waals surface area (Å²) in [7, 11) is 0. The fourth-order valence-electron chi connectivity index (χ4n) is 0.657. The molecule has 0 aliphatic carbocycles. The molecule has 0 fully saturated rings. The highest BCUT2D eigenvalue weighted by Gasteiger charge is 1.77. The van der Waals surface area contributed by atoms with E-state index in [0.717, 1.165) is 0 Å². The zero-order valence-electron chi connectivity index (χ0n) is 8.06. The van der Waals surface area contributed by atoms with Crippen LogP contribution in [0, 0.1) is 5.53 Å². The van der Waals surface area contributed by atoms with Gasteiger partial charge in [0, 0.05) is 0 Å². The first-order valence-corrected chi connectivity index (χ1v) is 4.17. The van der Waals surface area contributed by atoms with Crippen LogP contribution in [0.15, 0.2) is 78.6 Å². The van der Waals surface area contributed by atoms with Crippen LogP contribution in [0.2, 0.25) is 0 Å². The highest BCUT2D eigenvalue weighted by molar-refractivity contribution is 5.18. The standard InChI is InChI=1S/C6H8N2.C6H6/c1-3-5-6(4-2)8-7;1-2-4-6-5-3-1/h3-5,7H,1-2H2;1-6H/b6-5+,8-7?;. The van der Waals surface area contributed by atoms with Crippen LogP contribution in [0.3, 0.4) is 0 Å². The first kappa shape index (κ1) is 12.0. The maximum absolute atomic E-state index is 6.50. The summed E-state index contributed by atoms with van der Waals surface area (Å²) < 4.78 is 0. The molecule has 2 nitrogen and oxygen atoms in total. The predicted octanol–water partition coefficient (Wildman–Crippen LogP) is 3.96. The van der Waals surface area contributed by atoms with Gasteiger partial charge in [-0.3, -0.25) is 0 Å². The third kappa shape index (κ3) is 6.73. The fourth-order valence-corrected chi connectivity index (χ4v) is 0.657. The van der Waals surface area contributed by atoms with Crippen LogP contribution in [-0.4, -0.2) is 0 Å². The quantitative estimate of drug-likeness (QED) is 0.548. The number of rotatable bonds is 3. The molecule has 0 spiro atoms. The lowest BCUT2D eigenvalue weighted by Gasteiger charge is -1.81. The molecule has 1 rings (SSSR count). The lowest BCUT2D eigenvalue weighted by Crippen LogP contribution is -1.62. The van der Waals surface area contributed by atoms with Gasteiger partial charge >= 0.3 is 0 Å². The van der Waals surface area contributed by atoms with Crippen molar-refractivity contribution < 1.29 is 0 Å². The maximum atomic E-state index is 6.50. The molecule has 2 heteroatoms. The van der Waals surface area contributed by atoms with Gasteiger partial charge in [0.15, 0.2) is 0 Å². The van der Waals surface area contributed by atoms with E-state index in [9.17, 15) is 0 Å². The molecule has 1 aromatic rings. The molecule has 1 N–H and O–H groups in total. The van der Waals surface area contributed by atoms with Crippen molar-refractivity contribution in [2.45, 2.75) is 0 Å². The van der Waals surface area contributed by atoms with E-state index in [4.69, 9.17) is 5.53 Å². The number of nitrogens with zero attached hydrogens (tertiary/aromatic N) is 1. The van der Waals surface area contributed by atoms with Crippen molar-refractivity contribution >= 4 is 0 Å². The van der Waals surface area contributed by atoms with Crippen molar-refractivity contribution in [3.63, 3.8) is 0 Å². The molecule has 72 valence electrons. The second-order valence-corrected chi connectivity index (χ2v) is 2.30. The largest absolute Gasteiger partial charge is 0.204 e. The van der Waals surface area contributed by atoms with Crippen molar-refractivity contribution in [1.82, 2.24) is 0 Å². The van der Waals surface area contributed by atoms with Crippen molar-refractivity contribution in [2.24, 2.45) is 5.11 Å². The van der Waals surface area contributed by atoms with Crippen LogP contribution in [0.25, 0.3) is 0 Å². The summed E-state index contributed by atoms with van der Waals surface area (Å²) in [4.78, 5) is 0. The Labute approximate surface area is 84.8 Å². The Balaban J connectivity index is 0.000000249. The Kier molecular flexibility index (Phi) is 7.85. The van der Waals surface area contributed by atoms with Gasteiger partial charge in [-0.1, -0.05) is 55.6 Å². The molecule has 0 bridgehead atoms. The Morgan fingerprint density at radius 2 is 1.43 bits per heavy atom. The number of hydrogen-bond acceptors (Lipinski definition) is 2. The first-order valence-electron chi connectivity index (χ1n) is 4.17. The highest BCUT2D eigenvalue weighted by atomic mass is 15.0. The Morgan fingerprint density at radius 3 is 1.57 bits per heavy atom. The molecule has 0 radical (unpaired) electrons. The third-order valence-electron chi connectivity index (χ3n) is 1.29. The monoisotopic (exact) mass is 186 g/mol. The summed E-state index contributed by atoms with van der Waals surface area (Å²) in [6.45, 7) is 6.85. The van der Waals surface area contributed by atoms with Gasteiger partial charge < -0.3 is 0 Å². The summed E-state index contributed by atoms with van der Waals surface area (Å²) in [5.41, 5.74) is 7.03. The minimum atomic E-state index is 0.528. The van der Waals surface area contributed by atoms with Crippen molar-refractivity contribution in [2.75, 3.05) is 0 Å². The molecule has 14 heavy (non-hydrogen) atoms. The van der Waals surface area contributed by atoms with Gasteiger partial charge in [-0.05, 0) is 12.2 Å². The normalized spacial score (nSPS) is 9.29. The van der Waals surface area contributed by atoms with Crippen molar-refractivity contribution in [1.29, 1.82) is 5.53 Å². The zero-order valence-corrected chi connectivity index (χ0v) is 8.06. The zero-order chi connectivity index (χ0) is 10.6. The van der Waals surface area contributed by atoms with Gasteiger partial charge in [0.2, 0.25) is 0 Å². The summed E-state index contributed by atoms with van der Waals surface area (Å²) in [6, 6.07) is 12.0. The van der Waals surface area contributed by atoms with Crippen molar-refractivity contribution in [3.05, 3.63) is 73.5 Å². The summed E-state index contributed by atoms with van der Waals surface area (Å²) in [6.07, 6.45) is 4.67. The molecule has 1 aromatic carbocycles. The predicted molar refractivity (Wildman–Crippen MR) is 60.1 cm³/mol. The minimum Gasteiger partial charge on any atom is -0.204 e. The Morgan fingerprint density at radius 1 is 1.00 bits per heavy atom. The van der Waals surface area contributed by atoms with Crippen LogP contribution < -0.4 is 0 Å². The fraction of sp³-hybridized carbons (Fsp3) is 0. The van der Waals surface area contributed by atoms with E-state index in [1.807, 2.05) is 36.4 Å². The first-order chi connectivity index (χ1) is 6.85. The summed E-state index contributed by atoms with van der Waals surface area (Å²) >= 11 is 0. The molecule has 0 aromatic heterocycles. The molecule has 0 aliphatic rings. The van der Waals surface area contributed by atoms with Crippen LogP contribution in [0.1, 0.15) is 0 Å². The van der Waals surface area contributed by atoms with E-state index in [1.54, 1.807) is 12.2 Å². The van der Waals surface area contributed by atoms with Gasteiger partial charge in [0.05, 0.1) is 5.70 Å². The van der Waals surface area contributed by atoms with Gasteiger partial charge in [-0.2, -0.15) is 5.11 Å². The van der Waals surface area contributed by atoms with Crippen molar-refractivity contribution in [3.8, 4) is 0 Å². The molecule has 0 aliphatic heterocycles. The van der Waals surface area contributed by atoms with Gasteiger partial charge in [-0.15, -0.1) is 0 Å². The van der Waals surface area contributed by atoms with E-state index < -0.39 is 0 Å². The molecule has 0 heterocycles. The van der Waals surface area contributed by atoms with E-state index in [-0.39, 0.29) is 0 Å². The van der Waals surface area contributed by atoms with Gasteiger partial charge in [0.1, 0.15) is 0 Å². The summed E-state index contributed by atoms with van der Waals surface area (Å²) in [5.74, 6) is 0. The van der Waals surface area contributed by atoms with E-state index >= 15 is 0 Å².